The summed E-state index contributed by atoms with van der Waals surface area (Å²) in [4.78, 5) is 17.4. The second-order valence-electron chi connectivity index (χ2n) is 9.42. The summed E-state index contributed by atoms with van der Waals surface area (Å²) in [5.41, 5.74) is 0. The number of nitrogens with one attached hydrogen (secondary N) is 1. The lowest BCUT2D eigenvalue weighted by Crippen LogP contribution is -2.46. The van der Waals surface area contributed by atoms with E-state index in [1.807, 2.05) is 0 Å². The van der Waals surface area contributed by atoms with Gasteiger partial charge in [0, 0.05) is 32.6 Å². The van der Waals surface area contributed by atoms with Gasteiger partial charge in [-0.3, -0.25) is 9.69 Å². The summed E-state index contributed by atoms with van der Waals surface area (Å²) < 4.78 is 5.83. The van der Waals surface area contributed by atoms with Gasteiger partial charge in [0.05, 0.1) is 12.2 Å². The average molecular weight is 380 g/mol. The van der Waals surface area contributed by atoms with Gasteiger partial charge in [0.15, 0.2) is 0 Å². The molecule has 0 radical (unpaired) electrons. The van der Waals surface area contributed by atoms with Crippen molar-refractivity contribution in [2.75, 3.05) is 45.8 Å². The molecule has 156 valence electrons. The van der Waals surface area contributed by atoms with E-state index in [1.165, 1.54) is 38.6 Å². The van der Waals surface area contributed by atoms with E-state index in [9.17, 15) is 4.79 Å². The second kappa shape index (κ2) is 10.2. The number of hydrogen-bond acceptors (Lipinski definition) is 4. The average Bonchev–Trinajstić information content (AvgIpc) is 2.66. The number of carbonyl (C=O) groups is 1. The highest BCUT2D eigenvalue weighted by Crippen LogP contribution is 2.26. The Morgan fingerprint density at radius 2 is 1.85 bits per heavy atom. The summed E-state index contributed by atoms with van der Waals surface area (Å²) in [6, 6.07) is 0. The van der Waals surface area contributed by atoms with Gasteiger partial charge in [-0.1, -0.05) is 6.92 Å². The Morgan fingerprint density at radius 1 is 1.15 bits per heavy atom. The number of ether oxygens (including phenoxy) is 1. The van der Waals surface area contributed by atoms with Gasteiger partial charge in [0.1, 0.15) is 0 Å². The first-order valence-corrected chi connectivity index (χ1v) is 11.4. The molecule has 3 saturated heterocycles. The Balaban J connectivity index is 1.34. The fourth-order valence-corrected chi connectivity index (χ4v) is 5.24. The van der Waals surface area contributed by atoms with E-state index in [-0.39, 0.29) is 0 Å². The lowest BCUT2D eigenvalue weighted by atomic mass is 9.85. The fraction of sp³-hybridized carbons (Fsp3) is 0.955. The molecule has 27 heavy (non-hydrogen) atoms. The normalized spacial score (nSPS) is 32.4. The molecule has 4 atom stereocenters. The third-order valence-electron chi connectivity index (χ3n) is 6.95. The summed E-state index contributed by atoms with van der Waals surface area (Å²) >= 11 is 0. The molecular formula is C22H41N3O2. The molecule has 3 aliphatic heterocycles. The van der Waals surface area contributed by atoms with E-state index in [0.717, 1.165) is 51.6 Å². The molecule has 3 fully saturated rings. The highest BCUT2D eigenvalue weighted by Gasteiger charge is 2.28. The molecule has 0 bridgehead atoms. The van der Waals surface area contributed by atoms with Crippen LogP contribution in [0, 0.1) is 17.8 Å². The van der Waals surface area contributed by atoms with Crippen LogP contribution < -0.4 is 5.32 Å². The summed E-state index contributed by atoms with van der Waals surface area (Å²) in [5, 5.41) is 3.48. The topological polar surface area (TPSA) is 44.8 Å². The van der Waals surface area contributed by atoms with Crippen LogP contribution in [0.1, 0.15) is 59.3 Å². The van der Waals surface area contributed by atoms with Crippen molar-refractivity contribution in [2.45, 2.75) is 71.5 Å². The first-order valence-electron chi connectivity index (χ1n) is 11.4. The number of morpholine rings is 1. The van der Waals surface area contributed by atoms with Gasteiger partial charge in [0.2, 0.25) is 5.91 Å². The number of piperidine rings is 2. The highest BCUT2D eigenvalue weighted by molar-refractivity contribution is 5.76. The van der Waals surface area contributed by atoms with Crippen LogP contribution in [0.4, 0.5) is 0 Å². The third-order valence-corrected chi connectivity index (χ3v) is 6.95. The van der Waals surface area contributed by atoms with Crippen LogP contribution in [0.15, 0.2) is 0 Å². The van der Waals surface area contributed by atoms with Crippen molar-refractivity contribution in [1.29, 1.82) is 0 Å². The van der Waals surface area contributed by atoms with Crippen LogP contribution >= 0.6 is 0 Å². The summed E-state index contributed by atoms with van der Waals surface area (Å²) in [6.07, 6.45) is 7.62. The summed E-state index contributed by atoms with van der Waals surface area (Å²) in [7, 11) is 0. The van der Waals surface area contributed by atoms with E-state index >= 15 is 0 Å². The molecule has 0 saturated carbocycles. The Labute approximate surface area is 166 Å². The molecule has 0 aliphatic carbocycles. The van der Waals surface area contributed by atoms with E-state index in [4.69, 9.17) is 4.74 Å². The largest absolute Gasteiger partial charge is 0.373 e. The number of hydrogen-bond donors (Lipinski definition) is 1. The quantitative estimate of drug-likeness (QED) is 0.771. The molecule has 5 heteroatoms. The van der Waals surface area contributed by atoms with Gasteiger partial charge in [-0.05, 0) is 83.3 Å². The molecule has 0 aromatic rings. The van der Waals surface area contributed by atoms with Gasteiger partial charge in [-0.15, -0.1) is 0 Å². The van der Waals surface area contributed by atoms with E-state index in [2.05, 4.69) is 35.9 Å². The van der Waals surface area contributed by atoms with Gasteiger partial charge >= 0.3 is 0 Å². The molecule has 1 amide bonds. The first kappa shape index (κ1) is 21.1. The lowest BCUT2D eigenvalue weighted by Gasteiger charge is -2.37. The Morgan fingerprint density at radius 3 is 2.48 bits per heavy atom. The smallest absolute Gasteiger partial charge is 0.222 e. The third kappa shape index (κ3) is 6.43. The zero-order valence-electron chi connectivity index (χ0n) is 17.8. The Hall–Kier alpha value is -0.650. The lowest BCUT2D eigenvalue weighted by molar-refractivity contribution is -0.134. The molecule has 3 rings (SSSR count). The molecule has 3 heterocycles. The fourth-order valence-electron chi connectivity index (χ4n) is 5.24. The van der Waals surface area contributed by atoms with Crippen LogP contribution in [0.2, 0.25) is 0 Å². The Kier molecular flexibility index (Phi) is 7.97. The molecular weight excluding hydrogens is 338 g/mol. The highest BCUT2D eigenvalue weighted by atomic mass is 16.5. The van der Waals surface area contributed by atoms with E-state index in [0.29, 0.717) is 30.0 Å². The van der Waals surface area contributed by atoms with Crippen molar-refractivity contribution >= 4 is 5.91 Å². The standard InChI is InChI=1S/C22H41N3O2/c1-17(21-5-4-9-23-14-21)13-22(26)25-11-7-20(8-12-25)6-10-24-15-18(2)27-19(3)16-24/h17-21,23H,4-16H2,1-3H3. The minimum atomic E-state index is 0.356. The zero-order chi connectivity index (χ0) is 19.2. The minimum absolute atomic E-state index is 0.356. The first-order chi connectivity index (χ1) is 13.0. The number of amides is 1. The Bertz CT molecular complexity index is 448. The van der Waals surface area contributed by atoms with Crippen molar-refractivity contribution in [3.63, 3.8) is 0 Å². The van der Waals surface area contributed by atoms with Crippen molar-refractivity contribution < 1.29 is 9.53 Å². The number of likely N-dealkylation sites (tertiary alicyclic amines) is 1. The predicted molar refractivity (Wildman–Crippen MR) is 110 cm³/mol. The van der Waals surface area contributed by atoms with E-state index in [1.54, 1.807) is 0 Å². The van der Waals surface area contributed by atoms with Gasteiger partial charge < -0.3 is 15.0 Å². The molecule has 3 aliphatic rings. The van der Waals surface area contributed by atoms with Crippen LogP contribution in [-0.4, -0.2) is 73.7 Å². The molecule has 0 aromatic carbocycles. The van der Waals surface area contributed by atoms with Gasteiger partial charge in [-0.2, -0.15) is 0 Å². The number of carbonyl (C=O) groups excluding carboxylic acids is 1. The molecule has 5 nitrogen and oxygen atoms in total. The van der Waals surface area contributed by atoms with Crippen molar-refractivity contribution in [3.05, 3.63) is 0 Å². The number of nitrogens with zero attached hydrogens (tertiary/aromatic N) is 2. The van der Waals surface area contributed by atoms with Crippen LogP contribution in [-0.2, 0) is 9.53 Å². The van der Waals surface area contributed by atoms with Crippen LogP contribution in [0.5, 0.6) is 0 Å². The van der Waals surface area contributed by atoms with Gasteiger partial charge in [-0.25, -0.2) is 0 Å². The van der Waals surface area contributed by atoms with Crippen LogP contribution in [0.25, 0.3) is 0 Å². The van der Waals surface area contributed by atoms with E-state index < -0.39 is 0 Å². The van der Waals surface area contributed by atoms with Crippen molar-refractivity contribution in [3.8, 4) is 0 Å². The second-order valence-corrected chi connectivity index (χ2v) is 9.42. The maximum absolute atomic E-state index is 12.7. The molecule has 1 N–H and O–H groups in total. The number of rotatable bonds is 6. The predicted octanol–water partition coefficient (Wildman–Crippen LogP) is 2.75. The molecule has 4 unspecified atom stereocenters. The molecule has 0 spiro atoms. The summed E-state index contributed by atoms with van der Waals surface area (Å²) in [5.74, 6) is 2.36. The maximum Gasteiger partial charge on any atom is 0.222 e. The maximum atomic E-state index is 12.7. The monoisotopic (exact) mass is 379 g/mol. The van der Waals surface area contributed by atoms with Crippen molar-refractivity contribution in [2.24, 2.45) is 17.8 Å². The zero-order valence-corrected chi connectivity index (χ0v) is 17.8. The molecule has 0 aromatic heterocycles. The summed E-state index contributed by atoms with van der Waals surface area (Å²) in [6.45, 7) is 14.1. The SMILES string of the molecule is CC1CN(CCC2CCN(C(=O)CC(C)C3CCCNC3)CC2)CC(C)O1. The van der Waals surface area contributed by atoms with Crippen LogP contribution in [0.3, 0.4) is 0 Å². The van der Waals surface area contributed by atoms with Crippen molar-refractivity contribution in [1.82, 2.24) is 15.1 Å². The minimum Gasteiger partial charge on any atom is -0.373 e. The van der Waals surface area contributed by atoms with Gasteiger partial charge in [0.25, 0.3) is 0 Å².